The first-order chi connectivity index (χ1) is 21.7. The molecule has 4 N–H and O–H groups in total. The van der Waals surface area contributed by atoms with Crippen LogP contribution in [0.5, 0.6) is 23.0 Å². The molecule has 2 aliphatic heterocycles. The number of aliphatic hydroxyl groups is 1. The number of carbonyl (C=O) groups is 3. The van der Waals surface area contributed by atoms with E-state index >= 15 is 0 Å². The lowest BCUT2D eigenvalue weighted by molar-refractivity contribution is 0.0373. The van der Waals surface area contributed by atoms with Crippen LogP contribution in [0.25, 0.3) is 0 Å². The number of nitrogens with one attached hydrogen (secondary N) is 3. The van der Waals surface area contributed by atoms with E-state index in [9.17, 15) is 19.5 Å². The van der Waals surface area contributed by atoms with Crippen molar-refractivity contribution in [3.63, 3.8) is 0 Å². The Morgan fingerprint density at radius 1 is 1.04 bits per heavy atom. The molecule has 3 aromatic rings. The number of nitrogens with zero attached hydrogens (tertiary/aromatic N) is 2. The summed E-state index contributed by atoms with van der Waals surface area (Å²) in [4.78, 5) is 43.1. The molecule has 0 aromatic heterocycles. The molecule has 0 saturated carbocycles. The van der Waals surface area contributed by atoms with Gasteiger partial charge in [0.15, 0.2) is 17.2 Å². The fourth-order valence-electron chi connectivity index (χ4n) is 5.06. The zero-order chi connectivity index (χ0) is 32.1. The van der Waals surface area contributed by atoms with Crippen molar-refractivity contribution in [2.75, 3.05) is 56.6 Å². The first kappa shape index (κ1) is 31.3. The molecule has 0 bridgehead atoms. The minimum Gasteiger partial charge on any atom is -0.497 e. The summed E-state index contributed by atoms with van der Waals surface area (Å²) in [6.45, 7) is 3.99. The Labute approximate surface area is 261 Å². The van der Waals surface area contributed by atoms with Crippen LogP contribution >= 0.6 is 0 Å². The van der Waals surface area contributed by atoms with Crippen LogP contribution in [-0.2, 0) is 0 Å². The molecule has 13 heteroatoms. The highest BCUT2D eigenvalue weighted by Gasteiger charge is 2.35. The van der Waals surface area contributed by atoms with Gasteiger partial charge >= 0.3 is 12.1 Å². The van der Waals surface area contributed by atoms with Crippen LogP contribution in [0.3, 0.4) is 0 Å². The fourth-order valence-corrected chi connectivity index (χ4v) is 5.06. The second-order valence-corrected chi connectivity index (χ2v) is 11.0. The van der Waals surface area contributed by atoms with Crippen LogP contribution in [-0.4, -0.2) is 85.7 Å². The third kappa shape index (κ3) is 7.15. The van der Waals surface area contributed by atoms with E-state index in [0.29, 0.717) is 28.6 Å². The van der Waals surface area contributed by atoms with Crippen molar-refractivity contribution in [1.82, 2.24) is 9.80 Å². The molecular weight excluding hydrogens is 582 g/mol. The van der Waals surface area contributed by atoms with Crippen molar-refractivity contribution in [1.29, 1.82) is 0 Å². The minimum absolute atomic E-state index is 0.107. The lowest BCUT2D eigenvalue weighted by atomic mass is 9.99. The summed E-state index contributed by atoms with van der Waals surface area (Å²) in [6.07, 6.45) is -0.586. The Bertz CT molecular complexity index is 1550. The molecule has 5 amide bonds. The highest BCUT2D eigenvalue weighted by atomic mass is 16.7. The van der Waals surface area contributed by atoms with Crippen molar-refractivity contribution in [2.24, 2.45) is 5.92 Å². The number of aliphatic hydroxyl groups excluding tert-OH is 1. The highest BCUT2D eigenvalue weighted by molar-refractivity contribution is 6.04. The molecule has 0 aliphatic carbocycles. The third-order valence-electron chi connectivity index (χ3n) is 7.71. The van der Waals surface area contributed by atoms with E-state index in [4.69, 9.17) is 18.9 Å². The molecule has 45 heavy (non-hydrogen) atoms. The van der Waals surface area contributed by atoms with Crippen LogP contribution < -0.4 is 34.9 Å². The van der Waals surface area contributed by atoms with E-state index < -0.39 is 18.2 Å². The molecule has 2 heterocycles. The van der Waals surface area contributed by atoms with Gasteiger partial charge in [0.2, 0.25) is 6.79 Å². The number of carbonyl (C=O) groups excluding carboxylic acids is 3. The molecule has 5 rings (SSSR count). The van der Waals surface area contributed by atoms with Gasteiger partial charge in [0.1, 0.15) is 11.9 Å². The zero-order valence-corrected chi connectivity index (χ0v) is 25.5. The van der Waals surface area contributed by atoms with E-state index in [1.165, 1.54) is 4.90 Å². The zero-order valence-electron chi connectivity index (χ0n) is 25.5. The summed E-state index contributed by atoms with van der Waals surface area (Å²) in [5, 5.41) is 18.4. The van der Waals surface area contributed by atoms with Crippen LogP contribution in [0.4, 0.5) is 26.7 Å². The second kappa shape index (κ2) is 13.6. The molecular formula is C32H37N5O8. The van der Waals surface area contributed by atoms with Gasteiger partial charge in [-0.05, 0) is 55.5 Å². The third-order valence-corrected chi connectivity index (χ3v) is 7.71. The van der Waals surface area contributed by atoms with E-state index in [1.54, 1.807) is 86.6 Å². The first-order valence-corrected chi connectivity index (χ1v) is 14.5. The Morgan fingerprint density at radius 2 is 1.78 bits per heavy atom. The van der Waals surface area contributed by atoms with Crippen molar-refractivity contribution in [3.05, 3.63) is 66.2 Å². The number of hydrogen-bond acceptors (Lipinski definition) is 8. The summed E-state index contributed by atoms with van der Waals surface area (Å²) in [7, 11) is 3.22. The lowest BCUT2D eigenvalue weighted by Crippen LogP contribution is -2.50. The summed E-state index contributed by atoms with van der Waals surface area (Å²) in [5.74, 6) is 1.33. The van der Waals surface area contributed by atoms with Gasteiger partial charge in [-0.3, -0.25) is 4.79 Å². The average Bonchev–Trinajstić information content (AvgIpc) is 3.51. The Balaban J connectivity index is 1.38. The van der Waals surface area contributed by atoms with Gasteiger partial charge in [-0.2, -0.15) is 0 Å². The monoisotopic (exact) mass is 619 g/mol. The van der Waals surface area contributed by atoms with Gasteiger partial charge in [0, 0.05) is 37.0 Å². The van der Waals surface area contributed by atoms with Crippen LogP contribution in [0.15, 0.2) is 60.7 Å². The molecule has 0 fully saturated rings. The molecule has 3 atom stereocenters. The van der Waals surface area contributed by atoms with Crippen molar-refractivity contribution in [3.8, 4) is 23.0 Å². The summed E-state index contributed by atoms with van der Waals surface area (Å²) in [6, 6.07) is 15.5. The summed E-state index contributed by atoms with van der Waals surface area (Å²) in [5.41, 5.74) is 1.56. The predicted octanol–water partition coefficient (Wildman–Crippen LogP) is 4.45. The van der Waals surface area contributed by atoms with Crippen LogP contribution in [0.2, 0.25) is 0 Å². The SMILES string of the molecule is COc1ccc(NC(=O)N(C)C[C@H]2Oc3c(NC(=O)Nc4ccc5c(c4)OCO5)cccc3C(=O)N([C@H](C)CO)C[C@@H]2C)cc1. The predicted molar refractivity (Wildman–Crippen MR) is 167 cm³/mol. The summed E-state index contributed by atoms with van der Waals surface area (Å²) >= 11 is 0. The van der Waals surface area contributed by atoms with Gasteiger partial charge in [-0.25, -0.2) is 9.59 Å². The molecule has 0 saturated heterocycles. The number of hydrogen-bond donors (Lipinski definition) is 4. The largest absolute Gasteiger partial charge is 0.497 e. The number of fused-ring (bicyclic) bond motifs is 2. The molecule has 238 valence electrons. The van der Waals surface area contributed by atoms with E-state index in [-0.39, 0.29) is 61.3 Å². The van der Waals surface area contributed by atoms with E-state index in [1.807, 2.05) is 6.92 Å². The maximum atomic E-state index is 13.8. The number of urea groups is 2. The fraction of sp³-hybridized carbons (Fsp3) is 0.344. The summed E-state index contributed by atoms with van der Waals surface area (Å²) < 4.78 is 22.4. The number of amides is 5. The minimum atomic E-state index is -0.586. The number of methoxy groups -OCH3 is 1. The van der Waals surface area contributed by atoms with Gasteiger partial charge in [0.25, 0.3) is 5.91 Å². The Morgan fingerprint density at radius 3 is 2.51 bits per heavy atom. The number of para-hydroxylation sites is 1. The first-order valence-electron chi connectivity index (χ1n) is 14.5. The number of benzene rings is 3. The van der Waals surface area contributed by atoms with Gasteiger partial charge in [-0.1, -0.05) is 13.0 Å². The van der Waals surface area contributed by atoms with E-state index in [2.05, 4.69) is 16.0 Å². The quantitative estimate of drug-likeness (QED) is 0.289. The molecule has 0 unspecified atom stereocenters. The highest BCUT2D eigenvalue weighted by Crippen LogP contribution is 2.36. The topological polar surface area (TPSA) is 151 Å². The smallest absolute Gasteiger partial charge is 0.323 e. The lowest BCUT2D eigenvalue weighted by Gasteiger charge is -2.38. The number of likely N-dealkylation sites (N-methyl/N-ethyl adjacent to an activating group) is 1. The standard InChI is InChI=1S/C32H37N5O8/c1-19-15-37(20(2)17-38)30(39)24-6-5-7-25(35-31(40)33-22-10-13-26-27(14-22)44-18-43-26)29(24)45-28(19)16-36(3)32(41)34-21-8-11-23(42-4)12-9-21/h5-14,19-20,28,38H,15-18H2,1-4H3,(H,34,41)(H2,33,35,40)/t19-,20+,28+/m0/s1. The van der Waals surface area contributed by atoms with Gasteiger partial charge in [0.05, 0.1) is 37.6 Å². The maximum Gasteiger partial charge on any atom is 0.323 e. The Kier molecular flexibility index (Phi) is 9.48. The molecule has 13 nitrogen and oxygen atoms in total. The molecule has 0 radical (unpaired) electrons. The normalized spacial score (nSPS) is 17.6. The van der Waals surface area contributed by atoms with Crippen molar-refractivity contribution >= 4 is 35.0 Å². The average molecular weight is 620 g/mol. The van der Waals surface area contributed by atoms with Crippen LogP contribution in [0.1, 0.15) is 24.2 Å². The number of anilines is 3. The van der Waals surface area contributed by atoms with Crippen LogP contribution in [0, 0.1) is 5.92 Å². The van der Waals surface area contributed by atoms with E-state index in [0.717, 1.165) is 0 Å². The van der Waals surface area contributed by atoms with Crippen molar-refractivity contribution in [2.45, 2.75) is 26.0 Å². The van der Waals surface area contributed by atoms with Gasteiger partial charge < -0.3 is 49.8 Å². The number of ether oxygens (including phenoxy) is 4. The molecule has 3 aromatic carbocycles. The Hall–Kier alpha value is -5.17. The molecule has 0 spiro atoms. The maximum absolute atomic E-state index is 13.8. The molecule has 2 aliphatic rings. The van der Waals surface area contributed by atoms with Crippen molar-refractivity contribution < 1.29 is 38.4 Å². The second-order valence-electron chi connectivity index (χ2n) is 11.0. The number of rotatable bonds is 8. The van der Waals surface area contributed by atoms with Gasteiger partial charge in [-0.15, -0.1) is 0 Å².